The number of hydrogen-bond donors (Lipinski definition) is 0. The number of carbonyl (C=O) groups is 1. The minimum atomic E-state index is -0.0816. The maximum absolute atomic E-state index is 11.6. The average Bonchev–Trinajstić information content (AvgIpc) is 2.61. The Hall–Kier alpha value is -1.32. The zero-order chi connectivity index (χ0) is 12.4. The lowest BCUT2D eigenvalue weighted by Crippen LogP contribution is -2.17. The lowest BCUT2D eigenvalue weighted by atomic mass is 10.0. The third-order valence-corrected chi connectivity index (χ3v) is 3.51. The Labute approximate surface area is 102 Å². The molecular formula is C13H20N2O2. The molecule has 1 aliphatic rings. The van der Waals surface area contributed by atoms with E-state index in [9.17, 15) is 4.79 Å². The molecule has 0 radical (unpaired) electrons. The van der Waals surface area contributed by atoms with E-state index in [0.29, 0.717) is 5.92 Å². The lowest BCUT2D eigenvalue weighted by Gasteiger charge is -2.13. The molecule has 0 aromatic carbocycles. The van der Waals surface area contributed by atoms with Crippen LogP contribution in [0, 0.1) is 5.92 Å². The van der Waals surface area contributed by atoms with Crippen molar-refractivity contribution in [2.24, 2.45) is 5.92 Å². The van der Waals surface area contributed by atoms with Crippen LogP contribution in [0.2, 0.25) is 0 Å². The second-order valence-electron chi connectivity index (χ2n) is 4.95. The Morgan fingerprint density at radius 2 is 2.29 bits per heavy atom. The molecule has 0 aliphatic carbocycles. The number of fused-ring (bicyclic) bond motifs is 1. The fraction of sp³-hybridized carbons (Fsp3) is 0.692. The van der Waals surface area contributed by atoms with Crippen LogP contribution in [0.15, 0.2) is 6.20 Å². The van der Waals surface area contributed by atoms with Crippen LogP contribution in [0.25, 0.3) is 0 Å². The van der Waals surface area contributed by atoms with Crippen LogP contribution in [-0.2, 0) is 22.5 Å². The van der Waals surface area contributed by atoms with Crippen LogP contribution in [0.5, 0.6) is 0 Å². The van der Waals surface area contributed by atoms with Gasteiger partial charge in [0.15, 0.2) is 0 Å². The summed E-state index contributed by atoms with van der Waals surface area (Å²) in [5.41, 5.74) is 1.27. The maximum Gasteiger partial charge on any atom is 0.308 e. The van der Waals surface area contributed by atoms with E-state index in [1.165, 1.54) is 12.8 Å². The number of nitrogens with zero attached hydrogens (tertiary/aromatic N) is 2. The largest absolute Gasteiger partial charge is 0.469 e. The van der Waals surface area contributed by atoms with Gasteiger partial charge in [0.05, 0.1) is 13.0 Å². The van der Waals surface area contributed by atoms with Crippen LogP contribution < -0.4 is 0 Å². The monoisotopic (exact) mass is 236 g/mol. The van der Waals surface area contributed by atoms with Crippen molar-refractivity contribution >= 4 is 5.97 Å². The molecule has 0 fully saturated rings. The summed E-state index contributed by atoms with van der Waals surface area (Å²) < 4.78 is 7.10. The van der Waals surface area contributed by atoms with Crippen molar-refractivity contribution in [3.8, 4) is 0 Å². The number of carbonyl (C=O) groups excluding carboxylic acids is 1. The molecule has 17 heavy (non-hydrogen) atoms. The van der Waals surface area contributed by atoms with Crippen molar-refractivity contribution < 1.29 is 9.53 Å². The molecule has 0 spiro atoms. The highest BCUT2D eigenvalue weighted by atomic mass is 16.5. The fourth-order valence-electron chi connectivity index (χ4n) is 2.48. The molecule has 4 nitrogen and oxygen atoms in total. The first-order valence-electron chi connectivity index (χ1n) is 6.25. The van der Waals surface area contributed by atoms with Gasteiger partial charge in [-0.05, 0) is 18.8 Å². The van der Waals surface area contributed by atoms with E-state index in [4.69, 9.17) is 4.74 Å². The molecule has 0 saturated carbocycles. The molecule has 1 atom stereocenters. The topological polar surface area (TPSA) is 44.1 Å². The third-order valence-electron chi connectivity index (χ3n) is 3.51. The van der Waals surface area contributed by atoms with E-state index in [2.05, 4.69) is 23.4 Å². The minimum absolute atomic E-state index is 0.0294. The van der Waals surface area contributed by atoms with Crippen LogP contribution in [0.4, 0.5) is 0 Å². The van der Waals surface area contributed by atoms with Gasteiger partial charge < -0.3 is 9.30 Å². The summed E-state index contributed by atoms with van der Waals surface area (Å²) in [5, 5.41) is 0. The molecule has 1 aromatic heterocycles. The van der Waals surface area contributed by atoms with E-state index < -0.39 is 0 Å². The summed E-state index contributed by atoms with van der Waals surface area (Å²) in [6, 6.07) is 0. The standard InChI is InChI=1S/C13H20N2O2/c1-9(2)11-8-14-12-5-4-10(13(16)17-3)6-7-15(11)12/h8-10H,4-7H2,1-3H3. The van der Waals surface area contributed by atoms with Gasteiger partial charge in [-0.2, -0.15) is 0 Å². The van der Waals surface area contributed by atoms with Crippen LogP contribution >= 0.6 is 0 Å². The summed E-state index contributed by atoms with van der Waals surface area (Å²) in [6.45, 7) is 5.22. The second-order valence-corrected chi connectivity index (χ2v) is 4.95. The predicted molar refractivity (Wildman–Crippen MR) is 64.8 cm³/mol. The van der Waals surface area contributed by atoms with Gasteiger partial charge in [0.1, 0.15) is 5.82 Å². The van der Waals surface area contributed by atoms with Gasteiger partial charge in [-0.25, -0.2) is 4.98 Å². The molecule has 94 valence electrons. The van der Waals surface area contributed by atoms with Gasteiger partial charge in [-0.1, -0.05) is 13.8 Å². The summed E-state index contributed by atoms with van der Waals surface area (Å²) >= 11 is 0. The van der Waals surface area contributed by atoms with Crippen molar-refractivity contribution in [1.82, 2.24) is 9.55 Å². The van der Waals surface area contributed by atoms with Gasteiger partial charge in [0.25, 0.3) is 0 Å². The van der Waals surface area contributed by atoms with E-state index in [1.54, 1.807) is 0 Å². The molecule has 4 heteroatoms. The number of esters is 1. The van der Waals surface area contributed by atoms with Crippen molar-refractivity contribution in [3.05, 3.63) is 17.7 Å². The molecule has 1 aliphatic heterocycles. The van der Waals surface area contributed by atoms with Gasteiger partial charge >= 0.3 is 5.97 Å². The normalized spacial score (nSPS) is 19.9. The van der Waals surface area contributed by atoms with E-state index in [0.717, 1.165) is 31.6 Å². The average molecular weight is 236 g/mol. The van der Waals surface area contributed by atoms with Gasteiger partial charge in [-0.3, -0.25) is 4.79 Å². The predicted octanol–water partition coefficient (Wildman–Crippen LogP) is 2.13. The van der Waals surface area contributed by atoms with Crippen LogP contribution in [0.3, 0.4) is 0 Å². The lowest BCUT2D eigenvalue weighted by molar-refractivity contribution is -0.145. The molecule has 0 saturated heterocycles. The van der Waals surface area contributed by atoms with Crippen LogP contribution in [-0.4, -0.2) is 22.6 Å². The van der Waals surface area contributed by atoms with Gasteiger partial charge in [0.2, 0.25) is 0 Å². The summed E-state index contributed by atoms with van der Waals surface area (Å²) in [5.74, 6) is 1.54. The number of hydrogen-bond acceptors (Lipinski definition) is 3. The van der Waals surface area contributed by atoms with E-state index >= 15 is 0 Å². The highest BCUT2D eigenvalue weighted by molar-refractivity contribution is 5.72. The van der Waals surface area contributed by atoms with E-state index in [1.807, 2.05) is 6.20 Å². The molecular weight excluding hydrogens is 216 g/mol. The molecule has 1 aromatic rings. The Bertz CT molecular complexity index is 410. The van der Waals surface area contributed by atoms with Gasteiger partial charge in [-0.15, -0.1) is 0 Å². The highest BCUT2D eigenvalue weighted by Gasteiger charge is 2.25. The smallest absolute Gasteiger partial charge is 0.308 e. The molecule has 1 unspecified atom stereocenters. The minimum Gasteiger partial charge on any atom is -0.469 e. The zero-order valence-corrected chi connectivity index (χ0v) is 10.8. The molecule has 0 bridgehead atoms. The summed E-state index contributed by atoms with van der Waals surface area (Å²) in [7, 11) is 1.46. The van der Waals surface area contributed by atoms with E-state index in [-0.39, 0.29) is 11.9 Å². The Morgan fingerprint density at radius 1 is 1.53 bits per heavy atom. The molecule has 2 heterocycles. The first kappa shape index (κ1) is 12.1. The van der Waals surface area contributed by atoms with Crippen molar-refractivity contribution in [1.29, 1.82) is 0 Å². The molecule has 0 amide bonds. The number of imidazole rings is 1. The summed E-state index contributed by atoms with van der Waals surface area (Å²) in [4.78, 5) is 16.0. The first-order chi connectivity index (χ1) is 8.13. The number of methoxy groups -OCH3 is 1. The quantitative estimate of drug-likeness (QED) is 0.739. The zero-order valence-electron chi connectivity index (χ0n) is 10.8. The third kappa shape index (κ3) is 2.35. The fourth-order valence-corrected chi connectivity index (χ4v) is 2.48. The Balaban J connectivity index is 2.16. The number of aromatic nitrogens is 2. The Morgan fingerprint density at radius 3 is 2.94 bits per heavy atom. The number of rotatable bonds is 2. The first-order valence-corrected chi connectivity index (χ1v) is 6.25. The Kier molecular flexibility index (Phi) is 3.50. The van der Waals surface area contributed by atoms with Crippen molar-refractivity contribution in [3.63, 3.8) is 0 Å². The number of ether oxygens (including phenoxy) is 1. The van der Waals surface area contributed by atoms with Crippen molar-refractivity contribution in [2.45, 2.75) is 45.6 Å². The van der Waals surface area contributed by atoms with Crippen molar-refractivity contribution in [2.75, 3.05) is 7.11 Å². The molecule has 2 rings (SSSR count). The van der Waals surface area contributed by atoms with Crippen LogP contribution in [0.1, 0.15) is 44.1 Å². The number of aryl methyl sites for hydroxylation is 1. The van der Waals surface area contributed by atoms with Gasteiger partial charge in [0, 0.05) is 24.9 Å². The highest BCUT2D eigenvalue weighted by Crippen LogP contribution is 2.24. The molecule has 0 N–H and O–H groups in total. The maximum atomic E-state index is 11.6. The SMILES string of the molecule is COC(=O)C1CCc2ncc(C(C)C)n2CC1. The summed E-state index contributed by atoms with van der Waals surface area (Å²) in [6.07, 6.45) is 4.54. The second kappa shape index (κ2) is 4.90.